The number of para-hydroxylation sites is 1. The van der Waals surface area contributed by atoms with Gasteiger partial charge in [0, 0.05) is 6.54 Å². The smallest absolute Gasteiger partial charge is 0.313 e. The van der Waals surface area contributed by atoms with E-state index >= 15 is 0 Å². The van der Waals surface area contributed by atoms with E-state index in [1.165, 1.54) is 11.8 Å². The van der Waals surface area contributed by atoms with Crippen molar-refractivity contribution in [3.63, 3.8) is 0 Å². The lowest BCUT2D eigenvalue weighted by molar-refractivity contribution is -0.133. The predicted molar refractivity (Wildman–Crippen MR) is 77.7 cm³/mol. The van der Waals surface area contributed by atoms with E-state index in [2.05, 4.69) is 18.0 Å². The monoisotopic (exact) mass is 289 g/mol. The van der Waals surface area contributed by atoms with Crippen molar-refractivity contribution in [1.29, 1.82) is 5.26 Å². The average molecular weight is 289 g/mol. The molecule has 0 radical (unpaired) electrons. The number of carbonyl (C=O) groups is 1. The standard InChI is InChI=1S/C14H15N3O2S/c1-2-3-7-17-11-6-4-5-10(8-15)13(11)16-14(17)20-9-12(18)19/h4-6H,2-3,7,9H2,1H3,(H,18,19). The highest BCUT2D eigenvalue weighted by Crippen LogP contribution is 2.26. The van der Waals surface area contributed by atoms with E-state index in [1.54, 1.807) is 6.07 Å². The van der Waals surface area contributed by atoms with Gasteiger partial charge in [0.1, 0.15) is 11.6 Å². The number of benzene rings is 1. The number of aryl methyl sites for hydroxylation is 1. The minimum absolute atomic E-state index is 0.0304. The minimum Gasteiger partial charge on any atom is -0.481 e. The van der Waals surface area contributed by atoms with Crippen LogP contribution >= 0.6 is 11.8 Å². The molecule has 0 saturated carbocycles. The molecule has 0 atom stereocenters. The lowest BCUT2D eigenvalue weighted by atomic mass is 10.2. The first-order chi connectivity index (χ1) is 9.67. The maximum atomic E-state index is 10.7. The van der Waals surface area contributed by atoms with Crippen LogP contribution in [0.25, 0.3) is 11.0 Å². The molecule has 0 amide bonds. The topological polar surface area (TPSA) is 78.9 Å². The molecule has 20 heavy (non-hydrogen) atoms. The fourth-order valence-corrected chi connectivity index (χ4v) is 2.74. The van der Waals surface area contributed by atoms with Crippen LogP contribution in [0.4, 0.5) is 0 Å². The summed E-state index contributed by atoms with van der Waals surface area (Å²) in [6.07, 6.45) is 2.03. The fourth-order valence-electron chi connectivity index (χ4n) is 1.98. The summed E-state index contributed by atoms with van der Waals surface area (Å²) in [4.78, 5) is 15.2. The normalized spacial score (nSPS) is 10.6. The van der Waals surface area contributed by atoms with Crippen molar-refractivity contribution in [1.82, 2.24) is 9.55 Å². The molecule has 0 saturated heterocycles. The van der Waals surface area contributed by atoms with Crippen molar-refractivity contribution in [2.45, 2.75) is 31.5 Å². The number of aliphatic carboxylic acids is 1. The molecule has 0 bridgehead atoms. The molecule has 1 aromatic heterocycles. The second kappa shape index (κ2) is 6.44. The molecule has 2 aromatic rings. The highest BCUT2D eigenvalue weighted by atomic mass is 32.2. The molecule has 104 valence electrons. The summed E-state index contributed by atoms with van der Waals surface area (Å²) in [6.45, 7) is 2.88. The van der Waals surface area contributed by atoms with Crippen LogP contribution in [-0.4, -0.2) is 26.4 Å². The van der Waals surface area contributed by atoms with Gasteiger partial charge in [0.2, 0.25) is 0 Å². The van der Waals surface area contributed by atoms with E-state index in [0.29, 0.717) is 16.2 Å². The number of imidazole rings is 1. The molecule has 1 N–H and O–H groups in total. The van der Waals surface area contributed by atoms with Gasteiger partial charge >= 0.3 is 5.97 Å². The Balaban J connectivity index is 2.48. The van der Waals surface area contributed by atoms with Crippen molar-refractivity contribution >= 4 is 28.8 Å². The van der Waals surface area contributed by atoms with Crippen LogP contribution in [0.15, 0.2) is 23.4 Å². The first-order valence-electron chi connectivity index (χ1n) is 6.41. The first-order valence-corrected chi connectivity index (χ1v) is 7.40. The number of hydrogen-bond acceptors (Lipinski definition) is 4. The maximum absolute atomic E-state index is 10.7. The van der Waals surface area contributed by atoms with Gasteiger partial charge in [-0.1, -0.05) is 31.2 Å². The fraction of sp³-hybridized carbons (Fsp3) is 0.357. The predicted octanol–water partition coefficient (Wildman–Crippen LogP) is 2.88. The Morgan fingerprint density at radius 3 is 3.00 bits per heavy atom. The third-order valence-corrected chi connectivity index (χ3v) is 3.89. The molecule has 0 fully saturated rings. The summed E-state index contributed by atoms with van der Waals surface area (Å²) in [7, 11) is 0. The largest absolute Gasteiger partial charge is 0.481 e. The van der Waals surface area contributed by atoms with E-state index in [1.807, 2.05) is 16.7 Å². The molecular weight excluding hydrogens is 274 g/mol. The molecule has 0 unspecified atom stereocenters. The molecule has 1 heterocycles. The summed E-state index contributed by atoms with van der Waals surface area (Å²) in [5, 5.41) is 18.6. The zero-order valence-electron chi connectivity index (χ0n) is 11.2. The second-order valence-corrected chi connectivity index (χ2v) is 5.31. The highest BCUT2D eigenvalue weighted by molar-refractivity contribution is 7.99. The Hall–Kier alpha value is -2.00. The Morgan fingerprint density at radius 2 is 2.35 bits per heavy atom. The van der Waals surface area contributed by atoms with Crippen LogP contribution in [0.5, 0.6) is 0 Å². The molecule has 0 spiro atoms. The second-order valence-electron chi connectivity index (χ2n) is 4.37. The number of carboxylic acids is 1. The SMILES string of the molecule is CCCCn1c(SCC(=O)O)nc2c(C#N)cccc21. The van der Waals surface area contributed by atoms with Crippen molar-refractivity contribution in [2.24, 2.45) is 0 Å². The average Bonchev–Trinajstić information content (AvgIpc) is 2.80. The Morgan fingerprint density at radius 1 is 1.55 bits per heavy atom. The Labute approximate surface area is 121 Å². The van der Waals surface area contributed by atoms with E-state index in [-0.39, 0.29) is 5.75 Å². The van der Waals surface area contributed by atoms with Gasteiger partial charge in [-0.25, -0.2) is 4.98 Å². The molecule has 1 aromatic carbocycles. The molecule has 0 aliphatic carbocycles. The zero-order chi connectivity index (χ0) is 14.5. The molecule has 0 aliphatic rings. The molecular formula is C14H15N3O2S. The third kappa shape index (κ3) is 2.94. The minimum atomic E-state index is -0.871. The number of fused-ring (bicyclic) bond motifs is 1. The van der Waals surface area contributed by atoms with Gasteiger partial charge in [-0.3, -0.25) is 4.79 Å². The number of thioether (sulfide) groups is 1. The van der Waals surface area contributed by atoms with Gasteiger partial charge in [0.15, 0.2) is 5.16 Å². The van der Waals surface area contributed by atoms with Crippen LogP contribution in [0.1, 0.15) is 25.3 Å². The number of aromatic nitrogens is 2. The number of unbranched alkanes of at least 4 members (excludes halogenated alkanes) is 1. The van der Waals surface area contributed by atoms with Gasteiger partial charge < -0.3 is 9.67 Å². The number of nitrogens with zero attached hydrogens (tertiary/aromatic N) is 3. The zero-order valence-corrected chi connectivity index (χ0v) is 12.0. The third-order valence-electron chi connectivity index (χ3n) is 2.92. The summed E-state index contributed by atoms with van der Waals surface area (Å²) >= 11 is 1.19. The van der Waals surface area contributed by atoms with Gasteiger partial charge in [-0.2, -0.15) is 5.26 Å². The lowest BCUT2D eigenvalue weighted by Crippen LogP contribution is -2.03. The number of carboxylic acid groups (broad SMARTS) is 1. The van der Waals surface area contributed by atoms with Crippen LogP contribution in [-0.2, 0) is 11.3 Å². The van der Waals surface area contributed by atoms with Crippen molar-refractivity contribution in [2.75, 3.05) is 5.75 Å². The number of hydrogen-bond donors (Lipinski definition) is 1. The Kier molecular flexibility index (Phi) is 4.64. The van der Waals surface area contributed by atoms with E-state index < -0.39 is 5.97 Å². The quantitative estimate of drug-likeness (QED) is 0.827. The van der Waals surface area contributed by atoms with Gasteiger partial charge in [-0.05, 0) is 18.6 Å². The van der Waals surface area contributed by atoms with Crippen molar-refractivity contribution < 1.29 is 9.90 Å². The van der Waals surface area contributed by atoms with Crippen molar-refractivity contribution in [3.05, 3.63) is 23.8 Å². The van der Waals surface area contributed by atoms with Gasteiger partial charge in [0.05, 0.1) is 16.8 Å². The first kappa shape index (κ1) is 14.4. The Bertz CT molecular complexity index is 673. The number of rotatable bonds is 6. The van der Waals surface area contributed by atoms with Crippen LogP contribution in [0, 0.1) is 11.3 Å². The summed E-state index contributed by atoms with van der Waals surface area (Å²) in [6, 6.07) is 7.61. The van der Waals surface area contributed by atoms with E-state index in [0.717, 1.165) is 24.9 Å². The number of nitriles is 1. The lowest BCUT2D eigenvalue weighted by Gasteiger charge is -2.07. The molecule has 6 heteroatoms. The van der Waals surface area contributed by atoms with Crippen molar-refractivity contribution in [3.8, 4) is 6.07 Å². The van der Waals surface area contributed by atoms with E-state index in [9.17, 15) is 4.79 Å². The molecule has 2 rings (SSSR count). The molecule has 0 aliphatic heterocycles. The van der Waals surface area contributed by atoms with Crippen LogP contribution in [0.2, 0.25) is 0 Å². The summed E-state index contributed by atoms with van der Waals surface area (Å²) in [5.41, 5.74) is 2.07. The van der Waals surface area contributed by atoms with Gasteiger partial charge in [-0.15, -0.1) is 0 Å². The highest BCUT2D eigenvalue weighted by Gasteiger charge is 2.14. The van der Waals surface area contributed by atoms with Crippen LogP contribution < -0.4 is 0 Å². The summed E-state index contributed by atoms with van der Waals surface area (Å²) < 4.78 is 2.01. The maximum Gasteiger partial charge on any atom is 0.313 e. The van der Waals surface area contributed by atoms with Gasteiger partial charge in [0.25, 0.3) is 0 Å². The molecule has 5 nitrogen and oxygen atoms in total. The van der Waals surface area contributed by atoms with E-state index in [4.69, 9.17) is 10.4 Å². The summed E-state index contributed by atoms with van der Waals surface area (Å²) in [5.74, 6) is -0.901. The van der Waals surface area contributed by atoms with Crippen LogP contribution in [0.3, 0.4) is 0 Å².